The predicted octanol–water partition coefficient (Wildman–Crippen LogP) is 2.94. The Balaban J connectivity index is 1.44. The van der Waals surface area contributed by atoms with Gasteiger partial charge in [-0.3, -0.25) is 4.79 Å². The molecule has 2 atom stereocenters. The fourth-order valence-corrected chi connectivity index (χ4v) is 3.71. The summed E-state index contributed by atoms with van der Waals surface area (Å²) in [6, 6.07) is 16.2. The summed E-state index contributed by atoms with van der Waals surface area (Å²) in [4.78, 5) is 15.1. The van der Waals surface area contributed by atoms with Crippen LogP contribution >= 0.6 is 0 Å². The van der Waals surface area contributed by atoms with E-state index in [1.54, 1.807) is 0 Å². The average molecular weight is 366 g/mol. The first-order valence-corrected chi connectivity index (χ1v) is 9.68. The van der Waals surface area contributed by atoms with Gasteiger partial charge < -0.3 is 20.1 Å². The molecule has 5 heteroatoms. The van der Waals surface area contributed by atoms with Crippen molar-refractivity contribution in [1.29, 1.82) is 0 Å². The van der Waals surface area contributed by atoms with Crippen LogP contribution < -0.4 is 15.2 Å². The van der Waals surface area contributed by atoms with E-state index in [0.29, 0.717) is 32.8 Å². The monoisotopic (exact) mass is 366 g/mol. The minimum Gasteiger partial charge on any atom is -0.486 e. The normalized spacial score (nSPS) is 20.2. The van der Waals surface area contributed by atoms with Crippen molar-refractivity contribution in [1.82, 2.24) is 4.90 Å². The average Bonchev–Trinajstić information content (AvgIpc) is 3.52. The van der Waals surface area contributed by atoms with Crippen molar-refractivity contribution in [2.75, 3.05) is 26.3 Å². The van der Waals surface area contributed by atoms with Crippen LogP contribution in [0.5, 0.6) is 11.5 Å². The van der Waals surface area contributed by atoms with Gasteiger partial charge in [-0.25, -0.2) is 0 Å². The van der Waals surface area contributed by atoms with E-state index in [-0.39, 0.29) is 17.7 Å². The highest BCUT2D eigenvalue weighted by molar-refractivity contribution is 5.83. The number of nitrogens with zero attached hydrogens (tertiary/aromatic N) is 1. The number of fused-ring (bicyclic) bond motifs is 1. The highest BCUT2D eigenvalue weighted by Gasteiger charge is 2.46. The molecule has 1 amide bonds. The summed E-state index contributed by atoms with van der Waals surface area (Å²) in [5.74, 6) is 2.13. The zero-order valence-electron chi connectivity index (χ0n) is 15.5. The lowest BCUT2D eigenvalue weighted by Crippen LogP contribution is -2.34. The molecule has 0 aromatic heterocycles. The number of hydrogen-bond acceptors (Lipinski definition) is 4. The number of amides is 1. The summed E-state index contributed by atoms with van der Waals surface area (Å²) in [5, 5.41) is 0. The second-order valence-electron chi connectivity index (χ2n) is 7.24. The summed E-state index contributed by atoms with van der Waals surface area (Å²) in [5.41, 5.74) is 8.00. The summed E-state index contributed by atoms with van der Waals surface area (Å²) in [6.45, 7) is 3.10. The minimum absolute atomic E-state index is 0.0500. The first-order chi connectivity index (χ1) is 13.3. The predicted molar refractivity (Wildman–Crippen MR) is 104 cm³/mol. The maximum atomic E-state index is 13.1. The molecule has 0 spiro atoms. The molecule has 1 aliphatic heterocycles. The Kier molecular flexibility index (Phi) is 5.30. The van der Waals surface area contributed by atoms with E-state index < -0.39 is 0 Å². The molecule has 0 radical (unpaired) electrons. The maximum Gasteiger partial charge on any atom is 0.226 e. The summed E-state index contributed by atoms with van der Waals surface area (Å²) in [7, 11) is 0. The van der Waals surface area contributed by atoms with Gasteiger partial charge >= 0.3 is 0 Å². The van der Waals surface area contributed by atoms with Gasteiger partial charge in [-0.2, -0.15) is 0 Å². The van der Waals surface area contributed by atoms with Crippen LogP contribution in [-0.2, 0) is 11.3 Å². The number of benzene rings is 2. The van der Waals surface area contributed by atoms with Gasteiger partial charge in [0.2, 0.25) is 5.91 Å². The van der Waals surface area contributed by atoms with E-state index >= 15 is 0 Å². The number of hydrogen-bond donors (Lipinski definition) is 1. The molecule has 1 saturated carbocycles. The quantitative estimate of drug-likeness (QED) is 0.818. The van der Waals surface area contributed by atoms with Crippen molar-refractivity contribution < 1.29 is 14.3 Å². The Hall–Kier alpha value is -2.53. The van der Waals surface area contributed by atoms with Crippen molar-refractivity contribution >= 4 is 5.91 Å². The highest BCUT2D eigenvalue weighted by Crippen LogP contribution is 2.50. The number of carbonyl (C=O) groups is 1. The molecule has 0 saturated heterocycles. The molecule has 1 fully saturated rings. The van der Waals surface area contributed by atoms with Crippen LogP contribution in [-0.4, -0.2) is 37.1 Å². The Morgan fingerprint density at radius 1 is 1.07 bits per heavy atom. The Bertz CT molecular complexity index is 793. The van der Waals surface area contributed by atoms with Crippen molar-refractivity contribution in [3.05, 3.63) is 59.7 Å². The van der Waals surface area contributed by atoms with Crippen LogP contribution in [0.4, 0.5) is 0 Å². The molecule has 142 valence electrons. The maximum absolute atomic E-state index is 13.1. The molecule has 5 nitrogen and oxygen atoms in total. The SMILES string of the molecule is NCCCN(Cc1ccccc1)C(=O)C1CC1c1ccc2c(c1)OCCO2. The fourth-order valence-electron chi connectivity index (χ4n) is 3.71. The zero-order valence-corrected chi connectivity index (χ0v) is 15.5. The molecule has 4 rings (SSSR count). The van der Waals surface area contributed by atoms with Crippen molar-refractivity contribution in [3.8, 4) is 11.5 Å². The van der Waals surface area contributed by atoms with Crippen LogP contribution in [0, 0.1) is 5.92 Å². The molecule has 1 heterocycles. The lowest BCUT2D eigenvalue weighted by molar-refractivity contribution is -0.133. The summed E-state index contributed by atoms with van der Waals surface area (Å²) in [6.07, 6.45) is 1.71. The molecule has 2 aromatic rings. The van der Waals surface area contributed by atoms with Gasteiger partial charge in [-0.1, -0.05) is 36.4 Å². The summed E-state index contributed by atoms with van der Waals surface area (Å²) < 4.78 is 11.3. The van der Waals surface area contributed by atoms with Gasteiger partial charge in [0.1, 0.15) is 13.2 Å². The van der Waals surface area contributed by atoms with Crippen molar-refractivity contribution in [2.24, 2.45) is 11.7 Å². The van der Waals surface area contributed by atoms with Gasteiger partial charge in [0.05, 0.1) is 0 Å². The Labute approximate surface area is 160 Å². The molecular weight excluding hydrogens is 340 g/mol. The summed E-state index contributed by atoms with van der Waals surface area (Å²) >= 11 is 0. The Morgan fingerprint density at radius 3 is 2.63 bits per heavy atom. The first kappa shape index (κ1) is 17.9. The molecular formula is C22H26N2O3. The second-order valence-corrected chi connectivity index (χ2v) is 7.24. The van der Waals surface area contributed by atoms with Gasteiger partial charge in [-0.05, 0) is 48.6 Å². The topological polar surface area (TPSA) is 64.8 Å². The van der Waals surface area contributed by atoms with E-state index in [1.807, 2.05) is 35.2 Å². The third-order valence-corrected chi connectivity index (χ3v) is 5.26. The third kappa shape index (κ3) is 4.08. The van der Waals surface area contributed by atoms with E-state index in [1.165, 1.54) is 0 Å². The first-order valence-electron chi connectivity index (χ1n) is 9.68. The van der Waals surface area contributed by atoms with Crippen LogP contribution in [0.1, 0.15) is 29.9 Å². The second kappa shape index (κ2) is 8.01. The smallest absolute Gasteiger partial charge is 0.226 e. The van der Waals surface area contributed by atoms with Crippen LogP contribution in [0.3, 0.4) is 0 Å². The fraction of sp³-hybridized carbons (Fsp3) is 0.409. The molecule has 0 bridgehead atoms. The van der Waals surface area contributed by atoms with Crippen molar-refractivity contribution in [3.63, 3.8) is 0 Å². The van der Waals surface area contributed by atoms with Crippen LogP contribution in [0.15, 0.2) is 48.5 Å². The van der Waals surface area contributed by atoms with Gasteiger partial charge in [0.15, 0.2) is 11.5 Å². The highest BCUT2D eigenvalue weighted by atomic mass is 16.6. The zero-order chi connectivity index (χ0) is 18.6. The number of carbonyl (C=O) groups excluding carboxylic acids is 1. The Morgan fingerprint density at radius 2 is 1.85 bits per heavy atom. The van der Waals surface area contributed by atoms with Gasteiger partial charge in [0.25, 0.3) is 0 Å². The molecule has 2 N–H and O–H groups in total. The van der Waals surface area contributed by atoms with Gasteiger partial charge in [-0.15, -0.1) is 0 Å². The van der Waals surface area contributed by atoms with E-state index in [4.69, 9.17) is 15.2 Å². The number of ether oxygens (including phenoxy) is 2. The standard InChI is InChI=1S/C22H26N2O3/c23-9-4-10-24(15-16-5-2-1-3-6-16)22(25)19-14-18(19)17-7-8-20-21(13-17)27-12-11-26-20/h1-3,5-8,13,18-19H,4,9-12,14-15,23H2. The van der Waals surface area contributed by atoms with E-state index in [0.717, 1.165) is 35.5 Å². The third-order valence-electron chi connectivity index (χ3n) is 5.26. The largest absolute Gasteiger partial charge is 0.486 e. The van der Waals surface area contributed by atoms with Crippen molar-refractivity contribution in [2.45, 2.75) is 25.3 Å². The van der Waals surface area contributed by atoms with Crippen LogP contribution in [0.25, 0.3) is 0 Å². The lowest BCUT2D eigenvalue weighted by atomic mass is 10.1. The molecule has 27 heavy (non-hydrogen) atoms. The van der Waals surface area contributed by atoms with Gasteiger partial charge in [0, 0.05) is 19.0 Å². The lowest BCUT2D eigenvalue weighted by Gasteiger charge is -2.23. The number of rotatable bonds is 7. The van der Waals surface area contributed by atoms with Crippen LogP contribution in [0.2, 0.25) is 0 Å². The molecule has 2 aromatic carbocycles. The van der Waals surface area contributed by atoms with E-state index in [9.17, 15) is 4.79 Å². The van der Waals surface area contributed by atoms with E-state index in [2.05, 4.69) is 18.2 Å². The molecule has 2 unspecified atom stereocenters. The molecule has 2 aliphatic rings. The number of nitrogens with two attached hydrogens (primary N) is 1. The minimum atomic E-state index is 0.0500. The molecule has 1 aliphatic carbocycles.